The Morgan fingerprint density at radius 1 is 1.04 bits per heavy atom. The summed E-state index contributed by atoms with van der Waals surface area (Å²) < 4.78 is 4.88. The number of ether oxygens (including phenoxy) is 1. The van der Waals surface area contributed by atoms with Crippen molar-refractivity contribution in [2.24, 2.45) is 0 Å². The number of nitrogens with zero attached hydrogens (tertiary/aromatic N) is 1. The Bertz CT molecular complexity index is 791. The Labute approximate surface area is 140 Å². The molecule has 0 aromatic heterocycles. The summed E-state index contributed by atoms with van der Waals surface area (Å²) in [5.41, 5.74) is -0.0836. The number of carbonyl (C=O) groups excluding carboxylic acids is 2. The van der Waals surface area contributed by atoms with Crippen molar-refractivity contribution in [2.45, 2.75) is 0 Å². The maximum Gasteiger partial charge on any atom is 0.340 e. The summed E-state index contributed by atoms with van der Waals surface area (Å²) in [6.45, 7) is -0.518. The molecular formula is C15H9Cl2NO5. The highest BCUT2D eigenvalue weighted by atomic mass is 35.5. The molecule has 0 saturated heterocycles. The van der Waals surface area contributed by atoms with Crippen molar-refractivity contribution in [2.75, 3.05) is 6.61 Å². The van der Waals surface area contributed by atoms with Gasteiger partial charge in [-0.15, -0.1) is 0 Å². The van der Waals surface area contributed by atoms with Gasteiger partial charge >= 0.3 is 5.97 Å². The fourth-order valence-electron chi connectivity index (χ4n) is 1.76. The van der Waals surface area contributed by atoms with Gasteiger partial charge in [0, 0.05) is 17.7 Å². The first-order chi connectivity index (χ1) is 10.9. The number of carbonyl (C=O) groups is 2. The Morgan fingerprint density at radius 2 is 1.74 bits per heavy atom. The number of Topliss-reactive ketones (excluding diaryl/α,β-unsaturated/α-hetero) is 1. The molecule has 0 amide bonds. The van der Waals surface area contributed by atoms with Crippen LogP contribution in [0, 0.1) is 10.1 Å². The van der Waals surface area contributed by atoms with Crippen molar-refractivity contribution in [1.82, 2.24) is 0 Å². The number of esters is 1. The number of non-ortho nitro benzene ring substituents is 1. The number of halogens is 2. The van der Waals surface area contributed by atoms with Crippen LogP contribution in [0.25, 0.3) is 0 Å². The molecule has 2 aromatic carbocycles. The molecule has 118 valence electrons. The Balaban J connectivity index is 2.07. The van der Waals surface area contributed by atoms with Crippen LogP contribution < -0.4 is 0 Å². The number of nitro groups is 1. The highest BCUT2D eigenvalue weighted by molar-refractivity contribution is 6.34. The Kier molecular flexibility index (Phi) is 5.31. The van der Waals surface area contributed by atoms with Crippen LogP contribution in [-0.4, -0.2) is 23.3 Å². The molecule has 2 rings (SSSR count). The van der Waals surface area contributed by atoms with Crippen LogP contribution in [0.5, 0.6) is 0 Å². The van der Waals surface area contributed by atoms with Gasteiger partial charge in [-0.2, -0.15) is 0 Å². The Morgan fingerprint density at radius 3 is 2.35 bits per heavy atom. The quantitative estimate of drug-likeness (QED) is 0.351. The lowest BCUT2D eigenvalue weighted by molar-refractivity contribution is -0.384. The lowest BCUT2D eigenvalue weighted by Crippen LogP contribution is -2.15. The SMILES string of the molecule is O=C(COC(=O)c1ccc([N+](=O)[O-])cc1Cl)c1ccccc1Cl. The van der Waals surface area contributed by atoms with Crippen LogP contribution in [0.15, 0.2) is 42.5 Å². The molecule has 0 spiro atoms. The van der Waals surface area contributed by atoms with Crippen LogP contribution in [0.3, 0.4) is 0 Å². The monoisotopic (exact) mass is 353 g/mol. The molecule has 23 heavy (non-hydrogen) atoms. The molecule has 0 aliphatic carbocycles. The predicted octanol–water partition coefficient (Wildman–Crippen LogP) is 3.94. The van der Waals surface area contributed by atoms with Crippen LogP contribution in [0.2, 0.25) is 10.0 Å². The molecule has 2 aromatic rings. The van der Waals surface area contributed by atoms with Crippen LogP contribution in [-0.2, 0) is 4.74 Å². The number of nitro benzene ring substituents is 1. The zero-order valence-electron chi connectivity index (χ0n) is 11.5. The molecule has 0 unspecified atom stereocenters. The molecule has 0 heterocycles. The van der Waals surface area contributed by atoms with Crippen molar-refractivity contribution in [1.29, 1.82) is 0 Å². The summed E-state index contributed by atoms with van der Waals surface area (Å²) in [6.07, 6.45) is 0. The molecule has 8 heteroatoms. The van der Waals surface area contributed by atoms with Gasteiger partial charge in [-0.25, -0.2) is 4.79 Å². The third-order valence-corrected chi connectivity index (χ3v) is 3.53. The normalized spacial score (nSPS) is 10.2. The topological polar surface area (TPSA) is 86.5 Å². The van der Waals surface area contributed by atoms with Crippen molar-refractivity contribution in [3.05, 3.63) is 73.8 Å². The van der Waals surface area contributed by atoms with Gasteiger partial charge in [0.1, 0.15) is 0 Å². The fourth-order valence-corrected chi connectivity index (χ4v) is 2.25. The lowest BCUT2D eigenvalue weighted by Gasteiger charge is -2.06. The first-order valence-electron chi connectivity index (χ1n) is 6.29. The number of rotatable bonds is 5. The summed E-state index contributed by atoms with van der Waals surface area (Å²) in [6, 6.07) is 9.69. The molecule has 0 radical (unpaired) electrons. The summed E-state index contributed by atoms with van der Waals surface area (Å²) >= 11 is 11.7. The van der Waals surface area contributed by atoms with Crippen molar-refractivity contribution in [3.8, 4) is 0 Å². The van der Waals surface area contributed by atoms with Gasteiger partial charge in [0.2, 0.25) is 5.78 Å². The molecule has 0 fully saturated rings. The van der Waals surface area contributed by atoms with E-state index in [-0.39, 0.29) is 26.9 Å². The molecule has 0 bridgehead atoms. The number of hydrogen-bond acceptors (Lipinski definition) is 5. The maximum absolute atomic E-state index is 11.9. The van der Waals surface area contributed by atoms with Gasteiger partial charge in [-0.05, 0) is 18.2 Å². The van der Waals surface area contributed by atoms with Gasteiger partial charge in [0.15, 0.2) is 6.61 Å². The van der Waals surface area contributed by atoms with E-state index in [4.69, 9.17) is 27.9 Å². The number of hydrogen-bond donors (Lipinski definition) is 0. The molecule has 0 saturated carbocycles. The van der Waals surface area contributed by atoms with E-state index in [0.717, 1.165) is 12.1 Å². The van der Waals surface area contributed by atoms with Crippen LogP contribution in [0.1, 0.15) is 20.7 Å². The average Bonchev–Trinajstić information content (AvgIpc) is 2.52. The Hall–Kier alpha value is -2.44. The third-order valence-electron chi connectivity index (χ3n) is 2.89. The molecule has 6 nitrogen and oxygen atoms in total. The first kappa shape index (κ1) is 16.9. The van der Waals surface area contributed by atoms with E-state index in [2.05, 4.69) is 0 Å². The van der Waals surface area contributed by atoms with E-state index < -0.39 is 23.3 Å². The van der Waals surface area contributed by atoms with E-state index >= 15 is 0 Å². The number of ketones is 1. The molecular weight excluding hydrogens is 345 g/mol. The van der Waals surface area contributed by atoms with Gasteiger partial charge in [-0.1, -0.05) is 35.3 Å². The van der Waals surface area contributed by atoms with Gasteiger partial charge in [0.05, 0.1) is 20.5 Å². The first-order valence-corrected chi connectivity index (χ1v) is 7.04. The molecule has 0 aliphatic heterocycles. The highest BCUT2D eigenvalue weighted by Gasteiger charge is 2.18. The maximum atomic E-state index is 11.9. The molecule has 0 aliphatic rings. The predicted molar refractivity (Wildman–Crippen MR) is 84.2 cm³/mol. The summed E-state index contributed by atoms with van der Waals surface area (Å²) in [5, 5.41) is 10.7. The minimum atomic E-state index is -0.856. The zero-order valence-corrected chi connectivity index (χ0v) is 13.0. The summed E-state index contributed by atoms with van der Waals surface area (Å²) in [5.74, 6) is -1.33. The van der Waals surface area contributed by atoms with Gasteiger partial charge in [-0.3, -0.25) is 14.9 Å². The smallest absolute Gasteiger partial charge is 0.340 e. The minimum absolute atomic E-state index is 0.0655. The lowest BCUT2D eigenvalue weighted by atomic mass is 10.1. The number of benzene rings is 2. The van der Waals surface area contributed by atoms with Crippen LogP contribution >= 0.6 is 23.2 Å². The molecule has 0 N–H and O–H groups in total. The van der Waals surface area contributed by atoms with E-state index in [9.17, 15) is 19.7 Å². The van der Waals surface area contributed by atoms with Gasteiger partial charge in [0.25, 0.3) is 5.69 Å². The standard InChI is InChI=1S/C15H9Cl2NO5/c16-12-4-2-1-3-10(12)14(19)8-23-15(20)11-6-5-9(18(21)22)7-13(11)17/h1-7H,8H2. The third kappa shape index (κ3) is 4.06. The van der Waals surface area contributed by atoms with Crippen molar-refractivity contribution >= 4 is 40.6 Å². The summed E-state index contributed by atoms with van der Waals surface area (Å²) in [7, 11) is 0. The van der Waals surface area contributed by atoms with Gasteiger partial charge < -0.3 is 4.74 Å². The van der Waals surface area contributed by atoms with Crippen LogP contribution in [0.4, 0.5) is 5.69 Å². The molecule has 0 atom stereocenters. The van der Waals surface area contributed by atoms with E-state index in [0.29, 0.717) is 0 Å². The van der Waals surface area contributed by atoms with E-state index in [1.54, 1.807) is 18.2 Å². The zero-order chi connectivity index (χ0) is 17.0. The second-order valence-corrected chi connectivity index (χ2v) is 5.21. The second kappa shape index (κ2) is 7.21. The largest absolute Gasteiger partial charge is 0.454 e. The van der Waals surface area contributed by atoms with E-state index in [1.165, 1.54) is 12.1 Å². The van der Waals surface area contributed by atoms with Crippen molar-refractivity contribution < 1.29 is 19.2 Å². The second-order valence-electron chi connectivity index (χ2n) is 4.40. The van der Waals surface area contributed by atoms with E-state index in [1.807, 2.05) is 0 Å². The van der Waals surface area contributed by atoms with Crippen molar-refractivity contribution in [3.63, 3.8) is 0 Å². The highest BCUT2D eigenvalue weighted by Crippen LogP contribution is 2.23. The average molecular weight is 354 g/mol. The summed E-state index contributed by atoms with van der Waals surface area (Å²) in [4.78, 5) is 33.8. The fraction of sp³-hybridized carbons (Fsp3) is 0.0667. The minimum Gasteiger partial charge on any atom is -0.454 e.